The van der Waals surface area contributed by atoms with Crippen molar-refractivity contribution in [2.75, 3.05) is 0 Å². The van der Waals surface area contributed by atoms with Gasteiger partial charge in [-0.05, 0) is 33.9 Å². The fourth-order valence-corrected chi connectivity index (χ4v) is 3.64. The molecule has 0 atom stereocenters. The van der Waals surface area contributed by atoms with Crippen molar-refractivity contribution in [2.24, 2.45) is 0 Å². The first kappa shape index (κ1) is 22.7. The number of aromatic hydroxyl groups is 1. The molecule has 0 heterocycles. The minimum Gasteiger partial charge on any atom is -0.507 e. The summed E-state index contributed by atoms with van der Waals surface area (Å²) in [6.45, 7) is 13.9. The third-order valence-corrected chi connectivity index (χ3v) is 4.54. The van der Waals surface area contributed by atoms with Gasteiger partial charge in [0.15, 0.2) is 0 Å². The van der Waals surface area contributed by atoms with Gasteiger partial charge in [0.05, 0.1) is 6.16 Å². The first-order chi connectivity index (χ1) is 9.68. The van der Waals surface area contributed by atoms with E-state index < -0.39 is 7.60 Å². The van der Waals surface area contributed by atoms with Crippen LogP contribution in [0.5, 0.6) is 5.75 Å². The molecular weight excluding hydrogens is 358 g/mol. The van der Waals surface area contributed by atoms with Gasteiger partial charge in [0.2, 0.25) is 0 Å². The average Bonchev–Trinajstić information content (AvgIpc) is 2.25. The average molecular weight is 387 g/mol. The van der Waals surface area contributed by atoms with Crippen LogP contribution in [0.15, 0.2) is 6.07 Å². The fourth-order valence-electron chi connectivity index (χ4n) is 2.91. The molecule has 0 amide bonds. The maximum absolute atomic E-state index is 11.5. The summed E-state index contributed by atoms with van der Waals surface area (Å²) in [6, 6.07) is 1.77. The maximum Gasteiger partial charge on any atom is 0.329 e. The topological polar surface area (TPSA) is 77.8 Å². The number of hydrogen-bond acceptors (Lipinski definition) is 2. The van der Waals surface area contributed by atoms with Crippen molar-refractivity contribution < 1.29 is 35.9 Å². The Bertz CT molecular complexity index is 606. The first-order valence-electron chi connectivity index (χ1n) is 7.61. The molecule has 136 valence electrons. The quantitative estimate of drug-likeness (QED) is 0.536. The van der Waals surface area contributed by atoms with Crippen molar-refractivity contribution in [1.29, 1.82) is 0 Å². The Kier molecular flexibility index (Phi) is 7.17. The summed E-state index contributed by atoms with van der Waals surface area (Å²) >= 11 is 0. The van der Waals surface area contributed by atoms with Crippen molar-refractivity contribution in [3.05, 3.63) is 28.3 Å². The number of hydrogen-bond donors (Lipinski definition) is 3. The summed E-state index contributed by atoms with van der Waals surface area (Å²) in [4.78, 5) is 18.8. The van der Waals surface area contributed by atoms with E-state index in [1.165, 1.54) is 0 Å². The second kappa shape index (κ2) is 7.27. The number of rotatable bonds is 3. The maximum atomic E-state index is 11.5. The Morgan fingerprint density at radius 3 is 1.83 bits per heavy atom. The smallest absolute Gasteiger partial charge is 0.329 e. The number of phenols is 1. The van der Waals surface area contributed by atoms with Gasteiger partial charge < -0.3 is 14.9 Å². The van der Waals surface area contributed by atoms with Gasteiger partial charge in [-0.3, -0.25) is 4.57 Å². The van der Waals surface area contributed by atoms with Gasteiger partial charge in [0, 0.05) is 22.1 Å². The first-order valence-corrected chi connectivity index (χ1v) is 9.41. The van der Waals surface area contributed by atoms with E-state index in [0.29, 0.717) is 12.0 Å². The monoisotopic (exact) mass is 386 g/mol. The van der Waals surface area contributed by atoms with E-state index in [2.05, 4.69) is 0 Å². The van der Waals surface area contributed by atoms with E-state index in [4.69, 9.17) is 0 Å². The Hall–Kier alpha value is -0.336. The standard InChI is InChI=1S/C17H29O4P.Ni/c1-8-12-11(10-22(19,20)21)9-13(16(2,3)4)15(18)14(12)17(5,6)7;/h9,18H,8,10H2,1-7H3,(H2,19,20,21);. The molecule has 0 bridgehead atoms. The van der Waals surface area contributed by atoms with E-state index in [-0.39, 0.29) is 39.2 Å². The number of phenolic OH excluding ortho intramolecular Hbond substituents is 1. The van der Waals surface area contributed by atoms with Crippen LogP contribution in [0, 0.1) is 0 Å². The van der Waals surface area contributed by atoms with Crippen LogP contribution in [0.1, 0.15) is 70.7 Å². The fraction of sp³-hybridized carbons (Fsp3) is 0.647. The van der Waals surface area contributed by atoms with Gasteiger partial charge in [-0.2, -0.15) is 0 Å². The zero-order valence-corrected chi connectivity index (χ0v) is 16.9. The van der Waals surface area contributed by atoms with E-state index in [9.17, 15) is 19.5 Å². The molecular formula is C17H29NiO4P. The SMILES string of the molecule is CCc1c(CP(=O)(O)O)cc(C(C)(C)C)c(O)c1C(C)(C)C.[Ni]. The summed E-state index contributed by atoms with van der Waals surface area (Å²) in [5, 5.41) is 10.8. The molecule has 23 heavy (non-hydrogen) atoms. The molecule has 0 aliphatic heterocycles. The third kappa shape index (κ3) is 5.60. The molecule has 6 heteroatoms. The van der Waals surface area contributed by atoms with Crippen LogP contribution >= 0.6 is 7.60 Å². The summed E-state index contributed by atoms with van der Waals surface area (Å²) in [5.74, 6) is 0.256. The zero-order chi connectivity index (χ0) is 17.5. The van der Waals surface area contributed by atoms with E-state index >= 15 is 0 Å². The molecule has 0 aromatic heterocycles. The van der Waals surface area contributed by atoms with Crippen LogP contribution in [0.2, 0.25) is 0 Å². The molecule has 0 radical (unpaired) electrons. The van der Waals surface area contributed by atoms with Gasteiger partial charge in [-0.1, -0.05) is 54.5 Å². The molecule has 1 aromatic rings. The second-order valence-electron chi connectivity index (χ2n) is 7.96. The summed E-state index contributed by atoms with van der Waals surface area (Å²) in [6.07, 6.45) is 0.336. The Morgan fingerprint density at radius 2 is 1.52 bits per heavy atom. The van der Waals surface area contributed by atoms with Crippen molar-refractivity contribution in [2.45, 2.75) is 71.9 Å². The predicted molar refractivity (Wildman–Crippen MR) is 90.6 cm³/mol. The zero-order valence-electron chi connectivity index (χ0n) is 15.0. The van der Waals surface area contributed by atoms with Gasteiger partial charge in [-0.15, -0.1) is 0 Å². The Balaban J connectivity index is 0.00000484. The van der Waals surface area contributed by atoms with Crippen molar-refractivity contribution >= 4 is 7.60 Å². The summed E-state index contributed by atoms with van der Waals surface area (Å²) in [7, 11) is -4.17. The Labute approximate surface area is 149 Å². The molecule has 3 N–H and O–H groups in total. The van der Waals surface area contributed by atoms with Gasteiger partial charge >= 0.3 is 7.60 Å². The van der Waals surface area contributed by atoms with Crippen molar-refractivity contribution in [1.82, 2.24) is 0 Å². The van der Waals surface area contributed by atoms with Crippen molar-refractivity contribution in [3.63, 3.8) is 0 Å². The van der Waals surface area contributed by atoms with Crippen LogP contribution < -0.4 is 0 Å². The van der Waals surface area contributed by atoms with Crippen LogP contribution in [0.25, 0.3) is 0 Å². The predicted octanol–water partition coefficient (Wildman–Crippen LogP) is 4.22. The van der Waals surface area contributed by atoms with Crippen LogP contribution in [-0.4, -0.2) is 14.9 Å². The molecule has 1 aromatic carbocycles. The minimum absolute atomic E-state index is 0. The van der Waals surface area contributed by atoms with Crippen LogP contribution in [0.4, 0.5) is 0 Å². The minimum atomic E-state index is -4.17. The second-order valence-corrected chi connectivity index (χ2v) is 9.61. The summed E-state index contributed by atoms with van der Waals surface area (Å²) in [5.41, 5.74) is 2.41. The molecule has 0 unspecified atom stereocenters. The van der Waals surface area contributed by atoms with Crippen LogP contribution in [0.3, 0.4) is 0 Å². The van der Waals surface area contributed by atoms with E-state index in [1.54, 1.807) is 6.07 Å². The third-order valence-electron chi connectivity index (χ3n) is 3.79. The van der Waals surface area contributed by atoms with E-state index in [1.807, 2.05) is 48.5 Å². The molecule has 0 saturated heterocycles. The molecule has 0 fully saturated rings. The normalized spacial score (nSPS) is 12.9. The molecule has 0 aliphatic rings. The van der Waals surface area contributed by atoms with Gasteiger partial charge in [0.25, 0.3) is 0 Å². The molecule has 0 saturated carbocycles. The van der Waals surface area contributed by atoms with Crippen molar-refractivity contribution in [3.8, 4) is 5.75 Å². The number of benzene rings is 1. The molecule has 1 rings (SSSR count). The Morgan fingerprint density at radius 1 is 1.04 bits per heavy atom. The van der Waals surface area contributed by atoms with Gasteiger partial charge in [0.1, 0.15) is 5.75 Å². The molecule has 4 nitrogen and oxygen atoms in total. The molecule has 0 spiro atoms. The summed E-state index contributed by atoms with van der Waals surface area (Å²) < 4.78 is 11.5. The van der Waals surface area contributed by atoms with Crippen LogP contribution in [-0.2, 0) is 44.5 Å². The largest absolute Gasteiger partial charge is 0.507 e. The van der Waals surface area contributed by atoms with Gasteiger partial charge in [-0.25, -0.2) is 0 Å². The van der Waals surface area contributed by atoms with E-state index in [0.717, 1.165) is 16.7 Å². The molecule has 0 aliphatic carbocycles.